The SMILES string of the molecule is O=C(c1ccc(CNC2CC2)cc1)N1CCCC1. The second-order valence-corrected chi connectivity index (χ2v) is 5.35. The fraction of sp³-hybridized carbons (Fsp3) is 0.533. The second kappa shape index (κ2) is 5.11. The zero-order valence-corrected chi connectivity index (χ0v) is 10.7. The van der Waals surface area contributed by atoms with Gasteiger partial charge in [0.1, 0.15) is 0 Å². The Morgan fingerprint density at radius 3 is 2.44 bits per heavy atom. The van der Waals surface area contributed by atoms with E-state index in [0.29, 0.717) is 0 Å². The molecular formula is C15H20N2O. The Kier molecular flexibility index (Phi) is 3.33. The molecule has 18 heavy (non-hydrogen) atoms. The molecule has 1 heterocycles. The Balaban J connectivity index is 1.60. The molecule has 1 aromatic rings. The summed E-state index contributed by atoms with van der Waals surface area (Å²) in [5.74, 6) is 0.189. The normalized spacial score (nSPS) is 19.2. The molecule has 1 aromatic carbocycles. The van der Waals surface area contributed by atoms with Crippen molar-refractivity contribution in [2.45, 2.75) is 38.3 Å². The molecule has 3 rings (SSSR count). The van der Waals surface area contributed by atoms with E-state index in [2.05, 4.69) is 17.4 Å². The van der Waals surface area contributed by atoms with Crippen molar-refractivity contribution in [2.24, 2.45) is 0 Å². The zero-order valence-electron chi connectivity index (χ0n) is 10.7. The molecule has 1 saturated heterocycles. The van der Waals surface area contributed by atoms with Gasteiger partial charge in [0.2, 0.25) is 0 Å². The summed E-state index contributed by atoms with van der Waals surface area (Å²) >= 11 is 0. The lowest BCUT2D eigenvalue weighted by Crippen LogP contribution is -2.27. The average molecular weight is 244 g/mol. The van der Waals surface area contributed by atoms with Crippen LogP contribution in [-0.2, 0) is 6.54 Å². The van der Waals surface area contributed by atoms with E-state index in [-0.39, 0.29) is 5.91 Å². The quantitative estimate of drug-likeness (QED) is 0.880. The van der Waals surface area contributed by atoms with Gasteiger partial charge in [-0.1, -0.05) is 12.1 Å². The van der Waals surface area contributed by atoms with Crippen LogP contribution in [0.2, 0.25) is 0 Å². The van der Waals surface area contributed by atoms with Gasteiger partial charge in [-0.25, -0.2) is 0 Å². The summed E-state index contributed by atoms with van der Waals surface area (Å²) in [7, 11) is 0. The number of nitrogens with one attached hydrogen (secondary N) is 1. The Morgan fingerprint density at radius 2 is 1.83 bits per heavy atom. The maximum absolute atomic E-state index is 12.1. The molecule has 0 atom stereocenters. The van der Waals surface area contributed by atoms with E-state index >= 15 is 0 Å². The van der Waals surface area contributed by atoms with Crippen LogP contribution in [0.1, 0.15) is 41.6 Å². The molecule has 3 nitrogen and oxygen atoms in total. The predicted octanol–water partition coefficient (Wildman–Crippen LogP) is 2.17. The summed E-state index contributed by atoms with van der Waals surface area (Å²) in [5, 5.41) is 3.48. The van der Waals surface area contributed by atoms with Crippen LogP contribution >= 0.6 is 0 Å². The fourth-order valence-corrected chi connectivity index (χ4v) is 2.42. The van der Waals surface area contributed by atoms with Gasteiger partial charge in [-0.15, -0.1) is 0 Å². The molecule has 0 unspecified atom stereocenters. The third-order valence-corrected chi connectivity index (χ3v) is 3.77. The standard InChI is InChI=1S/C15H20N2O/c18-15(17-9-1-2-10-17)13-5-3-12(4-6-13)11-16-14-7-8-14/h3-6,14,16H,1-2,7-11H2. The first-order chi connectivity index (χ1) is 8.83. The molecule has 2 fully saturated rings. The highest BCUT2D eigenvalue weighted by molar-refractivity contribution is 5.94. The van der Waals surface area contributed by atoms with Gasteiger partial charge >= 0.3 is 0 Å². The largest absolute Gasteiger partial charge is 0.339 e. The maximum Gasteiger partial charge on any atom is 0.253 e. The van der Waals surface area contributed by atoms with Crippen LogP contribution < -0.4 is 5.32 Å². The molecular weight excluding hydrogens is 224 g/mol. The number of hydrogen-bond acceptors (Lipinski definition) is 2. The van der Waals surface area contributed by atoms with Crippen molar-refractivity contribution in [2.75, 3.05) is 13.1 Å². The summed E-state index contributed by atoms with van der Waals surface area (Å²) in [6, 6.07) is 8.79. The monoisotopic (exact) mass is 244 g/mol. The van der Waals surface area contributed by atoms with Crippen LogP contribution in [0.15, 0.2) is 24.3 Å². The maximum atomic E-state index is 12.1. The van der Waals surface area contributed by atoms with Crippen molar-refractivity contribution in [3.05, 3.63) is 35.4 Å². The number of amides is 1. The van der Waals surface area contributed by atoms with E-state index in [1.165, 1.54) is 18.4 Å². The summed E-state index contributed by atoms with van der Waals surface area (Å²) in [4.78, 5) is 14.1. The van der Waals surface area contributed by atoms with Gasteiger partial charge in [0.05, 0.1) is 0 Å². The smallest absolute Gasteiger partial charge is 0.253 e. The highest BCUT2D eigenvalue weighted by Gasteiger charge is 2.21. The lowest BCUT2D eigenvalue weighted by Gasteiger charge is -2.15. The number of rotatable bonds is 4. The van der Waals surface area contributed by atoms with E-state index < -0.39 is 0 Å². The summed E-state index contributed by atoms with van der Waals surface area (Å²) < 4.78 is 0. The molecule has 0 aromatic heterocycles. The topological polar surface area (TPSA) is 32.3 Å². The molecule has 0 bridgehead atoms. The van der Waals surface area contributed by atoms with Gasteiger partial charge in [0.15, 0.2) is 0 Å². The van der Waals surface area contributed by atoms with E-state index in [9.17, 15) is 4.79 Å². The number of carbonyl (C=O) groups is 1. The van der Waals surface area contributed by atoms with Crippen LogP contribution in [0.3, 0.4) is 0 Å². The van der Waals surface area contributed by atoms with Crippen LogP contribution in [0.25, 0.3) is 0 Å². The molecule has 1 amide bonds. The minimum Gasteiger partial charge on any atom is -0.339 e. The third kappa shape index (κ3) is 2.72. The van der Waals surface area contributed by atoms with E-state index in [1.807, 2.05) is 17.0 Å². The first-order valence-corrected chi connectivity index (χ1v) is 6.94. The van der Waals surface area contributed by atoms with Crippen molar-refractivity contribution in [1.29, 1.82) is 0 Å². The number of likely N-dealkylation sites (tertiary alicyclic amines) is 1. The van der Waals surface area contributed by atoms with Gasteiger partial charge in [-0.2, -0.15) is 0 Å². The molecule has 1 aliphatic heterocycles. The third-order valence-electron chi connectivity index (χ3n) is 3.77. The zero-order chi connectivity index (χ0) is 12.4. The molecule has 1 aliphatic carbocycles. The van der Waals surface area contributed by atoms with E-state index in [4.69, 9.17) is 0 Å². The van der Waals surface area contributed by atoms with Gasteiger partial charge in [-0.05, 0) is 43.4 Å². The van der Waals surface area contributed by atoms with Crippen molar-refractivity contribution in [1.82, 2.24) is 10.2 Å². The lowest BCUT2D eigenvalue weighted by molar-refractivity contribution is 0.0793. The average Bonchev–Trinajstić information content (AvgIpc) is 3.08. The van der Waals surface area contributed by atoms with Crippen molar-refractivity contribution in [3.63, 3.8) is 0 Å². The summed E-state index contributed by atoms with van der Waals surface area (Å²) in [6.45, 7) is 2.76. The fourth-order valence-electron chi connectivity index (χ4n) is 2.42. The highest BCUT2D eigenvalue weighted by atomic mass is 16.2. The molecule has 0 spiro atoms. The first-order valence-electron chi connectivity index (χ1n) is 6.94. The predicted molar refractivity (Wildman–Crippen MR) is 71.4 cm³/mol. The van der Waals surface area contributed by atoms with Crippen LogP contribution in [0.4, 0.5) is 0 Å². The second-order valence-electron chi connectivity index (χ2n) is 5.35. The van der Waals surface area contributed by atoms with Crippen LogP contribution in [0, 0.1) is 0 Å². The summed E-state index contributed by atoms with van der Waals surface area (Å²) in [5.41, 5.74) is 2.09. The highest BCUT2D eigenvalue weighted by Crippen LogP contribution is 2.19. The minimum atomic E-state index is 0.189. The Bertz CT molecular complexity index is 417. The Hall–Kier alpha value is -1.35. The van der Waals surface area contributed by atoms with E-state index in [1.54, 1.807) is 0 Å². The Morgan fingerprint density at radius 1 is 1.17 bits per heavy atom. The van der Waals surface area contributed by atoms with Crippen LogP contribution in [0.5, 0.6) is 0 Å². The van der Waals surface area contributed by atoms with Gasteiger partial charge < -0.3 is 10.2 Å². The summed E-state index contributed by atoms with van der Waals surface area (Å²) in [6.07, 6.45) is 4.92. The Labute approximate surface area is 108 Å². The van der Waals surface area contributed by atoms with Crippen molar-refractivity contribution in [3.8, 4) is 0 Å². The molecule has 1 N–H and O–H groups in total. The van der Waals surface area contributed by atoms with Gasteiger partial charge in [0, 0.05) is 31.2 Å². The molecule has 96 valence electrons. The van der Waals surface area contributed by atoms with Gasteiger partial charge in [0.25, 0.3) is 5.91 Å². The number of benzene rings is 1. The number of nitrogens with zero attached hydrogens (tertiary/aromatic N) is 1. The van der Waals surface area contributed by atoms with Crippen LogP contribution in [-0.4, -0.2) is 29.9 Å². The van der Waals surface area contributed by atoms with E-state index in [0.717, 1.165) is 44.1 Å². The molecule has 1 saturated carbocycles. The van der Waals surface area contributed by atoms with Crippen molar-refractivity contribution >= 4 is 5.91 Å². The number of carbonyl (C=O) groups excluding carboxylic acids is 1. The lowest BCUT2D eigenvalue weighted by atomic mass is 10.1. The van der Waals surface area contributed by atoms with Gasteiger partial charge in [-0.3, -0.25) is 4.79 Å². The van der Waals surface area contributed by atoms with Crippen molar-refractivity contribution < 1.29 is 4.79 Å². The molecule has 0 radical (unpaired) electrons. The minimum absolute atomic E-state index is 0.189. The molecule has 3 heteroatoms. The molecule has 2 aliphatic rings. The first kappa shape index (κ1) is 11.7. The number of hydrogen-bond donors (Lipinski definition) is 1.